The van der Waals surface area contributed by atoms with Gasteiger partial charge in [-0.05, 0) is 61.6 Å². The first kappa shape index (κ1) is 32.9. The molecule has 0 N–H and O–H groups in total. The maximum absolute atomic E-state index is 16.3. The fraction of sp³-hybridized carbons (Fsp3) is 0.324. The predicted molar refractivity (Wildman–Crippen MR) is 175 cm³/mol. The van der Waals surface area contributed by atoms with Crippen LogP contribution < -0.4 is 15.3 Å². The van der Waals surface area contributed by atoms with Crippen LogP contribution in [-0.2, 0) is 19.4 Å². The molecular formula is C34H33F2N5O6S. The number of esters is 1. The minimum absolute atomic E-state index is 0.0481. The predicted octanol–water partition coefficient (Wildman–Crippen LogP) is 4.55. The Morgan fingerprint density at radius 3 is 2.42 bits per heavy atom. The third-order valence-corrected chi connectivity index (χ3v) is 9.98. The van der Waals surface area contributed by atoms with E-state index in [1.165, 1.54) is 24.3 Å². The van der Waals surface area contributed by atoms with Crippen molar-refractivity contribution in [2.45, 2.75) is 50.0 Å². The molecule has 4 aromatic rings. The number of piperazine rings is 1. The van der Waals surface area contributed by atoms with Crippen LogP contribution >= 0.6 is 0 Å². The molecule has 11 nitrogen and oxygen atoms in total. The summed E-state index contributed by atoms with van der Waals surface area (Å²) in [4.78, 5) is 50.6. The Morgan fingerprint density at radius 2 is 1.79 bits per heavy atom. The second-order valence-electron chi connectivity index (χ2n) is 12.1. The number of pyridine rings is 1. The third-order valence-electron chi connectivity index (χ3n) is 8.85. The maximum Gasteiger partial charge on any atom is 0.355 e. The minimum atomic E-state index is -3.92. The molecule has 2 fully saturated rings. The quantitative estimate of drug-likeness (QED) is 0.157. The second kappa shape index (κ2) is 12.6. The van der Waals surface area contributed by atoms with Gasteiger partial charge in [0.05, 0.1) is 21.5 Å². The highest BCUT2D eigenvalue weighted by Crippen LogP contribution is 2.42. The van der Waals surface area contributed by atoms with E-state index in [2.05, 4.69) is 16.5 Å². The monoisotopic (exact) mass is 677 g/mol. The number of benzene rings is 2. The van der Waals surface area contributed by atoms with Crippen molar-refractivity contribution in [2.24, 2.45) is 0 Å². The van der Waals surface area contributed by atoms with Crippen LogP contribution in [0.1, 0.15) is 44.6 Å². The summed E-state index contributed by atoms with van der Waals surface area (Å²) in [5.41, 5.74) is -1.43. The summed E-state index contributed by atoms with van der Waals surface area (Å²) < 4.78 is 64.4. The fourth-order valence-electron chi connectivity index (χ4n) is 6.40. The molecule has 0 radical (unpaired) electrons. The number of halogens is 2. The van der Waals surface area contributed by atoms with Crippen LogP contribution in [0.4, 0.5) is 14.6 Å². The van der Waals surface area contributed by atoms with Crippen LogP contribution in [0.5, 0.6) is 5.75 Å². The largest absolute Gasteiger partial charge is 0.426 e. The first-order chi connectivity index (χ1) is 22.8. The first-order valence-electron chi connectivity index (χ1n) is 15.4. The lowest BCUT2D eigenvalue weighted by Gasteiger charge is -2.40. The molecule has 6 rings (SSSR count). The van der Waals surface area contributed by atoms with Crippen molar-refractivity contribution in [3.8, 4) is 22.7 Å². The molecule has 2 aromatic heterocycles. The Morgan fingerprint density at radius 1 is 1.06 bits per heavy atom. The van der Waals surface area contributed by atoms with Gasteiger partial charge in [-0.25, -0.2) is 31.5 Å². The lowest BCUT2D eigenvalue weighted by atomic mass is 9.79. The van der Waals surface area contributed by atoms with E-state index in [0.717, 1.165) is 49.1 Å². The van der Waals surface area contributed by atoms with Crippen molar-refractivity contribution < 1.29 is 31.5 Å². The molecule has 0 unspecified atom stereocenters. The highest BCUT2D eigenvalue weighted by atomic mass is 32.2. The van der Waals surface area contributed by atoms with Crippen molar-refractivity contribution >= 4 is 38.6 Å². The summed E-state index contributed by atoms with van der Waals surface area (Å²) in [6, 6.07) is 9.06. The van der Waals surface area contributed by atoms with Crippen LogP contribution in [0, 0.1) is 11.6 Å². The molecule has 1 atom stereocenters. The number of hydrogen-bond donors (Lipinski definition) is 0. The average molecular weight is 678 g/mol. The lowest BCUT2D eigenvalue weighted by molar-refractivity contribution is -0.132. The standard InChI is InChI=1S/C34H33F2N5O6S/c1-5-28(43)39-15-16-40(19(2)18-39)32-23-17-25(36)30(29-24(35)12-8-13-26(29)47-20(3)42)37-33(23)41(34(44)38-32)31-22(21-9-6-10-21)11-7-14-27(31)48(4,45)46/h5,7-8,11-14,17,19,21H,1,6,9-10,15-16,18H2,2-4H3/t19-/m0/s1. The van der Waals surface area contributed by atoms with Gasteiger partial charge in [0.25, 0.3) is 0 Å². The molecule has 2 aromatic carbocycles. The third kappa shape index (κ3) is 5.84. The highest BCUT2D eigenvalue weighted by molar-refractivity contribution is 7.90. The van der Waals surface area contributed by atoms with Crippen molar-refractivity contribution in [3.05, 3.63) is 82.8 Å². The van der Waals surface area contributed by atoms with Crippen LogP contribution in [-0.4, -0.2) is 71.7 Å². The number of aromatic nitrogens is 3. The zero-order valence-corrected chi connectivity index (χ0v) is 27.4. The Kier molecular flexibility index (Phi) is 8.62. The van der Waals surface area contributed by atoms with E-state index >= 15 is 8.78 Å². The van der Waals surface area contributed by atoms with Crippen LogP contribution in [0.25, 0.3) is 28.0 Å². The summed E-state index contributed by atoms with van der Waals surface area (Å²) in [6.07, 6.45) is 4.68. The van der Waals surface area contributed by atoms with E-state index < -0.39 is 44.4 Å². The van der Waals surface area contributed by atoms with Crippen molar-refractivity contribution in [3.63, 3.8) is 0 Å². The molecule has 1 aliphatic heterocycles. The molecule has 1 saturated carbocycles. The molecule has 1 amide bonds. The molecule has 0 spiro atoms. The molecule has 250 valence electrons. The molecule has 0 bridgehead atoms. The SMILES string of the molecule is C=CC(=O)N1CCN(c2nc(=O)n(-c3c(C4CCC4)cccc3S(C)(=O)=O)c3nc(-c4c(F)cccc4OC(C)=O)c(F)cc23)[C@@H](C)C1. The minimum Gasteiger partial charge on any atom is -0.426 e. The normalized spacial score (nSPS) is 16.9. The highest BCUT2D eigenvalue weighted by Gasteiger charge is 2.33. The van der Waals surface area contributed by atoms with Gasteiger partial charge in [0, 0.05) is 38.9 Å². The molecule has 1 aliphatic carbocycles. The number of carbonyl (C=O) groups is 2. The number of hydrogen-bond acceptors (Lipinski definition) is 9. The van der Waals surface area contributed by atoms with E-state index in [1.54, 1.807) is 21.9 Å². The maximum atomic E-state index is 16.3. The Hall–Kier alpha value is -4.98. The van der Waals surface area contributed by atoms with E-state index in [0.29, 0.717) is 5.56 Å². The van der Waals surface area contributed by atoms with Gasteiger partial charge in [-0.2, -0.15) is 4.98 Å². The fourth-order valence-corrected chi connectivity index (χ4v) is 7.29. The van der Waals surface area contributed by atoms with Crippen molar-refractivity contribution in [1.82, 2.24) is 19.4 Å². The molecular weight excluding hydrogens is 644 g/mol. The summed E-state index contributed by atoms with van der Waals surface area (Å²) in [5.74, 6) is -3.26. The number of rotatable bonds is 7. The second-order valence-corrected chi connectivity index (χ2v) is 14.1. The van der Waals surface area contributed by atoms with Crippen LogP contribution in [0.3, 0.4) is 0 Å². The van der Waals surface area contributed by atoms with Crippen molar-refractivity contribution in [2.75, 3.05) is 30.8 Å². The molecule has 3 heterocycles. The number of carbonyl (C=O) groups excluding carboxylic acids is 2. The van der Waals surface area contributed by atoms with Crippen LogP contribution in [0.15, 0.2) is 64.8 Å². The van der Waals surface area contributed by atoms with Crippen LogP contribution in [0.2, 0.25) is 0 Å². The Labute approximate surface area is 275 Å². The van der Waals surface area contributed by atoms with Gasteiger partial charge in [0.15, 0.2) is 21.3 Å². The zero-order valence-electron chi connectivity index (χ0n) is 26.6. The smallest absolute Gasteiger partial charge is 0.355 e. The molecule has 1 saturated heterocycles. The van der Waals surface area contributed by atoms with Crippen molar-refractivity contribution in [1.29, 1.82) is 0 Å². The number of fused-ring (bicyclic) bond motifs is 1. The molecule has 2 aliphatic rings. The number of nitrogens with zero attached hydrogens (tertiary/aromatic N) is 5. The Bertz CT molecular complexity index is 2170. The van der Waals surface area contributed by atoms with Gasteiger partial charge in [-0.15, -0.1) is 0 Å². The van der Waals surface area contributed by atoms with Gasteiger partial charge in [0.2, 0.25) is 5.91 Å². The lowest BCUT2D eigenvalue weighted by Crippen LogP contribution is -2.54. The van der Waals surface area contributed by atoms with Gasteiger partial charge >= 0.3 is 11.7 Å². The van der Waals surface area contributed by atoms with Gasteiger partial charge in [0.1, 0.15) is 23.1 Å². The molecule has 48 heavy (non-hydrogen) atoms. The number of amides is 1. The summed E-state index contributed by atoms with van der Waals surface area (Å²) >= 11 is 0. The van der Waals surface area contributed by atoms with Gasteiger partial charge < -0.3 is 14.5 Å². The van der Waals surface area contributed by atoms with E-state index in [4.69, 9.17) is 4.74 Å². The summed E-state index contributed by atoms with van der Waals surface area (Å²) in [7, 11) is -3.92. The number of para-hydroxylation sites is 1. The van der Waals surface area contributed by atoms with Gasteiger partial charge in [-0.3, -0.25) is 9.59 Å². The topological polar surface area (TPSA) is 132 Å². The first-order valence-corrected chi connectivity index (χ1v) is 17.3. The number of anilines is 1. The number of ether oxygens (including phenoxy) is 1. The zero-order chi connectivity index (χ0) is 34.5. The summed E-state index contributed by atoms with van der Waals surface area (Å²) in [5, 5.41) is 0.0550. The van der Waals surface area contributed by atoms with E-state index in [1.807, 2.05) is 6.92 Å². The molecule has 14 heteroatoms. The number of sulfone groups is 1. The average Bonchev–Trinajstić information content (AvgIpc) is 2.99. The van der Waals surface area contributed by atoms with E-state index in [9.17, 15) is 22.8 Å². The Balaban J connectivity index is 1.70. The summed E-state index contributed by atoms with van der Waals surface area (Å²) in [6.45, 7) is 7.23. The van der Waals surface area contributed by atoms with Gasteiger partial charge in [-0.1, -0.05) is 31.2 Å². The van der Waals surface area contributed by atoms with E-state index in [-0.39, 0.29) is 70.7 Å².